The summed E-state index contributed by atoms with van der Waals surface area (Å²) in [6.45, 7) is 3.35. The minimum absolute atomic E-state index is 0.200. The second kappa shape index (κ2) is 8.98. The number of nitrogens with one attached hydrogen (secondary N) is 3. The first-order valence-corrected chi connectivity index (χ1v) is 9.01. The Hall–Kier alpha value is -3.15. The number of aromatic amines is 1. The van der Waals surface area contributed by atoms with E-state index in [1.165, 1.54) is 10.9 Å². The van der Waals surface area contributed by atoms with Crippen molar-refractivity contribution in [2.75, 3.05) is 26.8 Å². The molecule has 0 fully saturated rings. The summed E-state index contributed by atoms with van der Waals surface area (Å²) in [7, 11) is 1.61. The number of carbonyl (C=O) groups excluding carboxylic acids is 1. The van der Waals surface area contributed by atoms with Crippen molar-refractivity contribution in [3.05, 3.63) is 59.8 Å². The Bertz CT molecular complexity index is 905. The number of hydrogen-bond donors (Lipinski definition) is 3. The van der Waals surface area contributed by atoms with Crippen LogP contribution in [0.4, 0.5) is 4.79 Å². The quantitative estimate of drug-likeness (QED) is 0.534. The van der Waals surface area contributed by atoms with E-state index in [0.29, 0.717) is 31.2 Å². The topological polar surface area (TPSA) is 75.4 Å². The van der Waals surface area contributed by atoms with Crippen molar-refractivity contribution in [2.45, 2.75) is 13.3 Å². The number of H-pyrrole nitrogens is 1. The first-order chi connectivity index (χ1) is 13.2. The highest BCUT2D eigenvalue weighted by atomic mass is 16.5. The first-order valence-electron chi connectivity index (χ1n) is 9.01. The predicted molar refractivity (Wildman–Crippen MR) is 107 cm³/mol. The van der Waals surface area contributed by atoms with E-state index in [4.69, 9.17) is 9.47 Å². The molecule has 0 spiro atoms. The fraction of sp³-hybridized carbons (Fsp3) is 0.286. The minimum Gasteiger partial charge on any atom is -0.493 e. The highest BCUT2D eigenvalue weighted by molar-refractivity contribution is 5.83. The van der Waals surface area contributed by atoms with E-state index in [-0.39, 0.29) is 6.03 Å². The third kappa shape index (κ3) is 4.94. The molecular formula is C21H25N3O3. The molecule has 0 aliphatic carbocycles. The van der Waals surface area contributed by atoms with Gasteiger partial charge in [0, 0.05) is 23.6 Å². The van der Waals surface area contributed by atoms with Crippen molar-refractivity contribution in [1.29, 1.82) is 0 Å². The monoisotopic (exact) mass is 367 g/mol. The molecule has 6 nitrogen and oxygen atoms in total. The SMILES string of the molecule is COc1cc(C)ccc1OCCNC(=O)NCCc1c[nH]c2ccccc12. The van der Waals surface area contributed by atoms with Crippen LogP contribution in [0.15, 0.2) is 48.7 Å². The molecule has 3 rings (SSSR count). The van der Waals surface area contributed by atoms with E-state index < -0.39 is 0 Å². The van der Waals surface area contributed by atoms with E-state index in [1.54, 1.807) is 7.11 Å². The summed E-state index contributed by atoms with van der Waals surface area (Å²) in [5.41, 5.74) is 3.41. The third-order valence-electron chi connectivity index (χ3n) is 4.32. The summed E-state index contributed by atoms with van der Waals surface area (Å²) in [6.07, 6.45) is 2.77. The smallest absolute Gasteiger partial charge is 0.314 e. The van der Waals surface area contributed by atoms with Crippen LogP contribution in [0.25, 0.3) is 10.9 Å². The van der Waals surface area contributed by atoms with Gasteiger partial charge in [0.15, 0.2) is 11.5 Å². The van der Waals surface area contributed by atoms with Gasteiger partial charge in [-0.25, -0.2) is 4.79 Å². The number of aromatic nitrogens is 1. The molecule has 1 heterocycles. The molecule has 27 heavy (non-hydrogen) atoms. The summed E-state index contributed by atoms with van der Waals surface area (Å²) in [6, 6.07) is 13.7. The number of fused-ring (bicyclic) bond motifs is 1. The zero-order valence-electron chi connectivity index (χ0n) is 15.7. The number of aryl methyl sites for hydroxylation is 1. The number of amides is 2. The molecule has 6 heteroatoms. The van der Waals surface area contributed by atoms with E-state index in [9.17, 15) is 4.79 Å². The summed E-state index contributed by atoms with van der Waals surface area (Å²) >= 11 is 0. The first kappa shape index (κ1) is 18.6. The summed E-state index contributed by atoms with van der Waals surface area (Å²) in [4.78, 5) is 15.1. The van der Waals surface area contributed by atoms with Crippen molar-refractivity contribution in [1.82, 2.24) is 15.6 Å². The van der Waals surface area contributed by atoms with E-state index in [1.807, 2.05) is 49.5 Å². The van der Waals surface area contributed by atoms with Crippen LogP contribution >= 0.6 is 0 Å². The molecule has 3 aromatic rings. The summed E-state index contributed by atoms with van der Waals surface area (Å²) < 4.78 is 11.0. The normalized spacial score (nSPS) is 10.6. The van der Waals surface area contributed by atoms with Gasteiger partial charge in [0.2, 0.25) is 0 Å². The molecule has 0 aliphatic heterocycles. The van der Waals surface area contributed by atoms with Crippen LogP contribution in [0, 0.1) is 6.92 Å². The fourth-order valence-electron chi connectivity index (χ4n) is 2.93. The van der Waals surface area contributed by atoms with Gasteiger partial charge in [0.05, 0.1) is 13.7 Å². The highest BCUT2D eigenvalue weighted by Gasteiger charge is 2.06. The lowest BCUT2D eigenvalue weighted by atomic mass is 10.1. The number of rotatable bonds is 8. The lowest BCUT2D eigenvalue weighted by Gasteiger charge is -2.12. The van der Waals surface area contributed by atoms with E-state index >= 15 is 0 Å². The van der Waals surface area contributed by atoms with Gasteiger partial charge in [-0.05, 0) is 42.7 Å². The minimum atomic E-state index is -0.200. The van der Waals surface area contributed by atoms with Crippen LogP contribution in [0.3, 0.4) is 0 Å². The number of para-hydroxylation sites is 1. The number of ether oxygens (including phenoxy) is 2. The van der Waals surface area contributed by atoms with Gasteiger partial charge in [0.1, 0.15) is 6.61 Å². The zero-order valence-corrected chi connectivity index (χ0v) is 15.7. The molecule has 2 amide bonds. The standard InChI is InChI=1S/C21H25N3O3/c1-15-7-8-19(20(13-15)26-2)27-12-11-23-21(25)22-10-9-16-14-24-18-6-4-3-5-17(16)18/h3-8,13-14,24H,9-12H2,1-2H3,(H2,22,23,25). The Balaban J connectivity index is 1.36. The molecule has 0 saturated carbocycles. The molecule has 0 radical (unpaired) electrons. The maximum absolute atomic E-state index is 11.9. The van der Waals surface area contributed by atoms with Crippen molar-refractivity contribution < 1.29 is 14.3 Å². The van der Waals surface area contributed by atoms with Gasteiger partial charge >= 0.3 is 6.03 Å². The maximum atomic E-state index is 11.9. The zero-order chi connectivity index (χ0) is 19.1. The average Bonchev–Trinajstić information content (AvgIpc) is 3.09. The molecule has 0 unspecified atom stereocenters. The van der Waals surface area contributed by atoms with Crippen LogP contribution in [-0.2, 0) is 6.42 Å². The van der Waals surface area contributed by atoms with Crippen LogP contribution in [0.1, 0.15) is 11.1 Å². The highest BCUT2D eigenvalue weighted by Crippen LogP contribution is 2.27. The van der Waals surface area contributed by atoms with Gasteiger partial charge in [-0.2, -0.15) is 0 Å². The Kier molecular flexibility index (Phi) is 6.20. The van der Waals surface area contributed by atoms with Crippen molar-refractivity contribution >= 4 is 16.9 Å². The molecule has 0 aliphatic rings. The largest absolute Gasteiger partial charge is 0.493 e. The van der Waals surface area contributed by atoms with Crippen LogP contribution < -0.4 is 20.1 Å². The van der Waals surface area contributed by atoms with Crippen LogP contribution in [0.5, 0.6) is 11.5 Å². The van der Waals surface area contributed by atoms with Crippen molar-refractivity contribution in [3.63, 3.8) is 0 Å². The maximum Gasteiger partial charge on any atom is 0.314 e. The van der Waals surface area contributed by atoms with Gasteiger partial charge in [0.25, 0.3) is 0 Å². The molecular weight excluding hydrogens is 342 g/mol. The number of urea groups is 1. The predicted octanol–water partition coefficient (Wildman–Crippen LogP) is 3.41. The second-order valence-corrected chi connectivity index (χ2v) is 6.29. The molecule has 3 N–H and O–H groups in total. The van der Waals surface area contributed by atoms with Gasteiger partial charge in [-0.1, -0.05) is 24.3 Å². The Labute approximate surface area is 158 Å². The van der Waals surface area contributed by atoms with Gasteiger partial charge in [-0.15, -0.1) is 0 Å². The summed E-state index contributed by atoms with van der Waals surface area (Å²) in [5.74, 6) is 1.36. The van der Waals surface area contributed by atoms with E-state index in [2.05, 4.69) is 21.7 Å². The van der Waals surface area contributed by atoms with Gasteiger partial charge in [-0.3, -0.25) is 0 Å². The van der Waals surface area contributed by atoms with Crippen LogP contribution in [0.2, 0.25) is 0 Å². The lowest BCUT2D eigenvalue weighted by Crippen LogP contribution is -2.38. The number of carbonyl (C=O) groups is 1. The third-order valence-corrected chi connectivity index (χ3v) is 4.32. The van der Waals surface area contributed by atoms with Crippen molar-refractivity contribution in [3.8, 4) is 11.5 Å². The molecule has 1 aromatic heterocycles. The lowest BCUT2D eigenvalue weighted by molar-refractivity contribution is 0.235. The number of hydrogen-bond acceptors (Lipinski definition) is 3. The number of benzene rings is 2. The van der Waals surface area contributed by atoms with E-state index in [0.717, 1.165) is 17.5 Å². The molecule has 142 valence electrons. The Morgan fingerprint density at radius 3 is 2.74 bits per heavy atom. The second-order valence-electron chi connectivity index (χ2n) is 6.29. The van der Waals surface area contributed by atoms with Crippen molar-refractivity contribution in [2.24, 2.45) is 0 Å². The molecule has 0 bridgehead atoms. The molecule has 0 saturated heterocycles. The molecule has 0 atom stereocenters. The van der Waals surface area contributed by atoms with Crippen LogP contribution in [-0.4, -0.2) is 37.8 Å². The number of methoxy groups -OCH3 is 1. The fourth-order valence-corrected chi connectivity index (χ4v) is 2.93. The summed E-state index contributed by atoms with van der Waals surface area (Å²) in [5, 5.41) is 6.86. The average molecular weight is 367 g/mol. The molecule has 2 aromatic carbocycles. The Morgan fingerprint density at radius 2 is 1.89 bits per heavy atom. The van der Waals surface area contributed by atoms with Gasteiger partial charge < -0.3 is 25.1 Å². The Morgan fingerprint density at radius 1 is 1.07 bits per heavy atom.